The van der Waals surface area contributed by atoms with Crippen LogP contribution in [0.4, 0.5) is 4.39 Å². The largest absolute Gasteiger partial charge is 0.391 e. The number of hydrogen-bond acceptors (Lipinski definition) is 4. The third-order valence-electron chi connectivity index (χ3n) is 3.83. The number of benzene rings is 1. The van der Waals surface area contributed by atoms with Gasteiger partial charge in [0.2, 0.25) is 0 Å². The number of aliphatic hydroxyl groups is 1. The van der Waals surface area contributed by atoms with Crippen LogP contribution >= 0.6 is 0 Å². The molecule has 2 aromatic rings. The van der Waals surface area contributed by atoms with Crippen molar-refractivity contribution in [1.29, 1.82) is 0 Å². The Kier molecular flexibility index (Phi) is 3.94. The topological polar surface area (TPSA) is 66.6 Å². The Labute approximate surface area is 127 Å². The van der Waals surface area contributed by atoms with Gasteiger partial charge in [0.1, 0.15) is 5.82 Å². The molecule has 1 atom stereocenters. The van der Waals surface area contributed by atoms with Crippen molar-refractivity contribution in [2.24, 2.45) is 5.92 Å². The van der Waals surface area contributed by atoms with Gasteiger partial charge in [-0.2, -0.15) is 0 Å². The molecule has 116 valence electrons. The summed E-state index contributed by atoms with van der Waals surface area (Å²) in [6.07, 6.45) is 1.54. The standard InChI is InChI=1S/C16H17FN2O3/c1-19(9-14(20)10-2-3-10)16(21)13-8-15(22-18-13)11-4-6-12(17)7-5-11/h4-8,10,14,20H,2-3,9H2,1H3. The summed E-state index contributed by atoms with van der Waals surface area (Å²) in [5.41, 5.74) is 0.818. The van der Waals surface area contributed by atoms with Crippen molar-refractivity contribution in [2.75, 3.05) is 13.6 Å². The van der Waals surface area contributed by atoms with Crippen molar-refractivity contribution in [3.05, 3.63) is 41.8 Å². The Morgan fingerprint density at radius 1 is 1.45 bits per heavy atom. The lowest BCUT2D eigenvalue weighted by Gasteiger charge is -2.19. The molecule has 6 heteroatoms. The predicted octanol–water partition coefficient (Wildman–Crippen LogP) is 2.32. The van der Waals surface area contributed by atoms with Crippen LogP contribution in [0, 0.1) is 11.7 Å². The summed E-state index contributed by atoms with van der Waals surface area (Å²) >= 11 is 0. The maximum Gasteiger partial charge on any atom is 0.275 e. The zero-order valence-corrected chi connectivity index (χ0v) is 12.2. The fourth-order valence-corrected chi connectivity index (χ4v) is 2.32. The highest BCUT2D eigenvalue weighted by Gasteiger charge is 2.31. The van der Waals surface area contributed by atoms with E-state index in [4.69, 9.17) is 4.52 Å². The third kappa shape index (κ3) is 3.17. The van der Waals surface area contributed by atoms with Crippen LogP contribution < -0.4 is 0 Å². The van der Waals surface area contributed by atoms with Gasteiger partial charge in [0.05, 0.1) is 6.10 Å². The first-order valence-corrected chi connectivity index (χ1v) is 7.21. The fourth-order valence-electron chi connectivity index (χ4n) is 2.32. The first kappa shape index (κ1) is 14.7. The van der Waals surface area contributed by atoms with Crippen LogP contribution in [0.3, 0.4) is 0 Å². The predicted molar refractivity (Wildman–Crippen MR) is 77.6 cm³/mol. The molecule has 1 aliphatic carbocycles. The van der Waals surface area contributed by atoms with E-state index in [0.717, 1.165) is 12.8 Å². The fraction of sp³-hybridized carbons (Fsp3) is 0.375. The molecule has 1 aliphatic rings. The minimum atomic E-state index is -0.489. The highest BCUT2D eigenvalue weighted by Crippen LogP contribution is 2.32. The van der Waals surface area contributed by atoms with E-state index < -0.39 is 6.10 Å². The molecule has 0 bridgehead atoms. The summed E-state index contributed by atoms with van der Waals surface area (Å²) in [4.78, 5) is 13.7. The SMILES string of the molecule is CN(CC(O)C1CC1)C(=O)c1cc(-c2ccc(F)cc2)on1. The molecule has 1 fully saturated rings. The number of rotatable bonds is 5. The van der Waals surface area contributed by atoms with Gasteiger partial charge in [-0.25, -0.2) is 4.39 Å². The number of amides is 1. The summed E-state index contributed by atoms with van der Waals surface area (Å²) < 4.78 is 18.0. The molecule has 5 nitrogen and oxygen atoms in total. The van der Waals surface area contributed by atoms with Gasteiger partial charge in [-0.1, -0.05) is 5.16 Å². The lowest BCUT2D eigenvalue weighted by molar-refractivity contribution is 0.0636. The van der Waals surface area contributed by atoms with Crippen LogP contribution in [-0.4, -0.2) is 40.8 Å². The van der Waals surface area contributed by atoms with Crippen molar-refractivity contribution in [3.63, 3.8) is 0 Å². The zero-order valence-electron chi connectivity index (χ0n) is 12.2. The van der Waals surface area contributed by atoms with Crippen molar-refractivity contribution >= 4 is 5.91 Å². The summed E-state index contributed by atoms with van der Waals surface area (Å²) in [6, 6.07) is 7.28. The van der Waals surface area contributed by atoms with Gasteiger partial charge >= 0.3 is 0 Å². The second kappa shape index (κ2) is 5.88. The molecule has 0 saturated heterocycles. The normalized spacial score (nSPS) is 15.6. The Balaban J connectivity index is 1.69. The van der Waals surface area contributed by atoms with Gasteiger partial charge in [-0.15, -0.1) is 0 Å². The minimum Gasteiger partial charge on any atom is -0.391 e. The van der Waals surface area contributed by atoms with E-state index in [0.29, 0.717) is 17.2 Å². The molecule has 0 spiro atoms. The number of aliphatic hydroxyl groups excluding tert-OH is 1. The lowest BCUT2D eigenvalue weighted by Crippen LogP contribution is -2.35. The van der Waals surface area contributed by atoms with Crippen LogP contribution in [-0.2, 0) is 0 Å². The monoisotopic (exact) mass is 304 g/mol. The maximum absolute atomic E-state index is 12.9. The van der Waals surface area contributed by atoms with Crippen molar-refractivity contribution in [3.8, 4) is 11.3 Å². The highest BCUT2D eigenvalue weighted by molar-refractivity contribution is 5.93. The number of aromatic nitrogens is 1. The molecule has 1 amide bonds. The van der Waals surface area contributed by atoms with Gasteiger partial charge in [0.15, 0.2) is 11.5 Å². The van der Waals surface area contributed by atoms with Crippen molar-refractivity contribution < 1.29 is 18.8 Å². The van der Waals surface area contributed by atoms with Crippen LogP contribution in [0.25, 0.3) is 11.3 Å². The molecule has 1 aromatic heterocycles. The van der Waals surface area contributed by atoms with E-state index in [-0.39, 0.29) is 24.0 Å². The maximum atomic E-state index is 12.9. The van der Waals surface area contributed by atoms with Gasteiger partial charge in [0, 0.05) is 25.2 Å². The van der Waals surface area contributed by atoms with E-state index in [2.05, 4.69) is 5.16 Å². The number of halogens is 1. The zero-order chi connectivity index (χ0) is 15.7. The van der Waals surface area contributed by atoms with E-state index in [1.807, 2.05) is 0 Å². The van der Waals surface area contributed by atoms with Gasteiger partial charge in [-0.05, 0) is 43.0 Å². The third-order valence-corrected chi connectivity index (χ3v) is 3.83. The van der Waals surface area contributed by atoms with Crippen molar-refractivity contribution in [2.45, 2.75) is 18.9 Å². The Morgan fingerprint density at radius 2 is 2.14 bits per heavy atom. The molecule has 3 rings (SSSR count). The van der Waals surface area contributed by atoms with Gasteiger partial charge < -0.3 is 14.5 Å². The number of nitrogens with zero attached hydrogens (tertiary/aromatic N) is 2. The van der Waals surface area contributed by atoms with Crippen LogP contribution in [0.15, 0.2) is 34.9 Å². The number of likely N-dealkylation sites (N-methyl/N-ethyl adjacent to an activating group) is 1. The number of hydrogen-bond donors (Lipinski definition) is 1. The average Bonchev–Trinajstić information content (AvgIpc) is 3.25. The van der Waals surface area contributed by atoms with E-state index in [1.54, 1.807) is 19.2 Å². The molecule has 1 aromatic carbocycles. The summed E-state index contributed by atoms with van der Waals surface area (Å²) in [6.45, 7) is 0.280. The lowest BCUT2D eigenvalue weighted by atomic mass is 10.1. The summed E-state index contributed by atoms with van der Waals surface area (Å²) in [7, 11) is 1.63. The first-order chi connectivity index (χ1) is 10.5. The van der Waals surface area contributed by atoms with E-state index in [9.17, 15) is 14.3 Å². The molecule has 1 saturated carbocycles. The molecular weight excluding hydrogens is 287 g/mol. The Bertz CT molecular complexity index is 664. The quantitative estimate of drug-likeness (QED) is 0.920. The average molecular weight is 304 g/mol. The smallest absolute Gasteiger partial charge is 0.275 e. The molecule has 1 N–H and O–H groups in total. The van der Waals surface area contributed by atoms with E-state index in [1.165, 1.54) is 23.1 Å². The molecule has 0 aliphatic heterocycles. The van der Waals surface area contributed by atoms with Crippen LogP contribution in [0.2, 0.25) is 0 Å². The van der Waals surface area contributed by atoms with Crippen LogP contribution in [0.5, 0.6) is 0 Å². The molecule has 1 heterocycles. The second-order valence-electron chi connectivity index (χ2n) is 5.67. The molecule has 22 heavy (non-hydrogen) atoms. The number of carbonyl (C=O) groups is 1. The number of carbonyl (C=O) groups excluding carboxylic acids is 1. The van der Waals surface area contributed by atoms with Crippen molar-refractivity contribution in [1.82, 2.24) is 10.1 Å². The molecule has 1 unspecified atom stereocenters. The van der Waals surface area contributed by atoms with Gasteiger partial charge in [0.25, 0.3) is 5.91 Å². The molecular formula is C16H17FN2O3. The Morgan fingerprint density at radius 3 is 2.77 bits per heavy atom. The highest BCUT2D eigenvalue weighted by atomic mass is 19.1. The summed E-state index contributed by atoms with van der Waals surface area (Å²) in [5.74, 6) is 0.0620. The first-order valence-electron chi connectivity index (χ1n) is 7.21. The van der Waals surface area contributed by atoms with Gasteiger partial charge in [-0.3, -0.25) is 4.79 Å². The minimum absolute atomic E-state index is 0.171. The Hall–Kier alpha value is -2.21. The second-order valence-corrected chi connectivity index (χ2v) is 5.67. The molecule has 0 radical (unpaired) electrons. The van der Waals surface area contributed by atoms with Crippen LogP contribution in [0.1, 0.15) is 23.3 Å². The van der Waals surface area contributed by atoms with E-state index >= 15 is 0 Å². The summed E-state index contributed by atoms with van der Waals surface area (Å²) in [5, 5.41) is 13.7.